The van der Waals surface area contributed by atoms with Crippen molar-refractivity contribution in [3.05, 3.63) is 35.6 Å². The maximum atomic E-state index is 12.8. The van der Waals surface area contributed by atoms with Crippen molar-refractivity contribution in [3.63, 3.8) is 0 Å². The molecule has 2 heteroatoms. The van der Waals surface area contributed by atoms with E-state index in [2.05, 4.69) is 0 Å². The number of rotatable bonds is 3. The van der Waals surface area contributed by atoms with Crippen molar-refractivity contribution in [2.45, 2.75) is 38.4 Å². The normalized spacial score (nSPS) is 17.5. The highest BCUT2D eigenvalue weighted by Crippen LogP contribution is 2.22. The summed E-state index contributed by atoms with van der Waals surface area (Å²) in [7, 11) is 0. The Morgan fingerprint density at radius 2 is 2.07 bits per heavy atom. The molecule has 1 aromatic rings. The second kappa shape index (κ2) is 4.56. The van der Waals surface area contributed by atoms with Crippen molar-refractivity contribution in [2.75, 3.05) is 0 Å². The van der Waals surface area contributed by atoms with Crippen LogP contribution in [0, 0.1) is 5.82 Å². The highest BCUT2D eigenvalue weighted by atomic mass is 19.1. The van der Waals surface area contributed by atoms with Crippen molar-refractivity contribution in [3.8, 4) is 0 Å². The molecule has 2 rings (SSSR count). The molecule has 14 heavy (non-hydrogen) atoms. The summed E-state index contributed by atoms with van der Waals surface area (Å²) in [6.07, 6.45) is 5.27. The minimum Gasteiger partial charge on any atom is -0.374 e. The monoisotopic (exact) mass is 194 g/mol. The molecule has 1 saturated carbocycles. The smallest absolute Gasteiger partial charge is 0.123 e. The summed E-state index contributed by atoms with van der Waals surface area (Å²) in [5, 5.41) is 0. The summed E-state index contributed by atoms with van der Waals surface area (Å²) in [5.41, 5.74) is 0.928. The molecule has 0 spiro atoms. The Labute approximate surface area is 83.9 Å². The van der Waals surface area contributed by atoms with Crippen LogP contribution in [-0.4, -0.2) is 6.10 Å². The van der Waals surface area contributed by atoms with Gasteiger partial charge in [0.1, 0.15) is 5.82 Å². The summed E-state index contributed by atoms with van der Waals surface area (Å²) in [5.74, 6) is -0.183. The van der Waals surface area contributed by atoms with Crippen LogP contribution < -0.4 is 0 Å². The Kier molecular flexibility index (Phi) is 3.14. The lowest BCUT2D eigenvalue weighted by atomic mass is 10.2. The third-order valence-electron chi connectivity index (χ3n) is 2.68. The van der Waals surface area contributed by atoms with E-state index in [-0.39, 0.29) is 5.82 Å². The Morgan fingerprint density at radius 3 is 2.79 bits per heavy atom. The van der Waals surface area contributed by atoms with E-state index in [1.54, 1.807) is 6.07 Å². The van der Waals surface area contributed by atoms with Gasteiger partial charge in [-0.1, -0.05) is 25.0 Å². The standard InChI is InChI=1S/C12H15FO/c13-11-5-3-4-10(8-11)9-14-12-6-1-2-7-12/h3-5,8,12H,1-2,6-7,9H2. The van der Waals surface area contributed by atoms with Gasteiger partial charge in [0.15, 0.2) is 0 Å². The molecule has 1 aliphatic carbocycles. The predicted molar refractivity (Wildman–Crippen MR) is 53.4 cm³/mol. The topological polar surface area (TPSA) is 9.23 Å². The van der Waals surface area contributed by atoms with E-state index in [1.165, 1.54) is 25.0 Å². The molecular weight excluding hydrogens is 179 g/mol. The molecule has 0 amide bonds. The molecule has 1 nitrogen and oxygen atoms in total. The first-order valence-corrected chi connectivity index (χ1v) is 5.20. The van der Waals surface area contributed by atoms with Crippen LogP contribution in [0.4, 0.5) is 4.39 Å². The zero-order valence-corrected chi connectivity index (χ0v) is 8.21. The second-order valence-corrected chi connectivity index (χ2v) is 3.85. The first-order chi connectivity index (χ1) is 6.84. The van der Waals surface area contributed by atoms with Gasteiger partial charge in [0.25, 0.3) is 0 Å². The maximum absolute atomic E-state index is 12.8. The molecule has 1 aromatic carbocycles. The summed E-state index contributed by atoms with van der Waals surface area (Å²) >= 11 is 0. The summed E-state index contributed by atoms with van der Waals surface area (Å²) in [6.45, 7) is 0.544. The van der Waals surface area contributed by atoms with Crippen LogP contribution in [-0.2, 0) is 11.3 Å². The van der Waals surface area contributed by atoms with Crippen molar-refractivity contribution in [2.24, 2.45) is 0 Å². The first-order valence-electron chi connectivity index (χ1n) is 5.20. The molecule has 0 N–H and O–H groups in total. The van der Waals surface area contributed by atoms with Gasteiger partial charge in [-0.05, 0) is 30.5 Å². The van der Waals surface area contributed by atoms with E-state index >= 15 is 0 Å². The average molecular weight is 194 g/mol. The van der Waals surface area contributed by atoms with Crippen LogP contribution in [0.15, 0.2) is 24.3 Å². The summed E-state index contributed by atoms with van der Waals surface area (Å²) in [6, 6.07) is 6.62. The lowest BCUT2D eigenvalue weighted by Gasteiger charge is -2.10. The fourth-order valence-electron chi connectivity index (χ4n) is 1.90. The van der Waals surface area contributed by atoms with Gasteiger partial charge >= 0.3 is 0 Å². The van der Waals surface area contributed by atoms with Gasteiger partial charge in [0, 0.05) is 0 Å². The van der Waals surface area contributed by atoms with Gasteiger partial charge in [-0.3, -0.25) is 0 Å². The minimum absolute atomic E-state index is 0.183. The number of hydrogen-bond donors (Lipinski definition) is 0. The molecule has 0 heterocycles. The molecule has 0 saturated heterocycles. The van der Waals surface area contributed by atoms with E-state index < -0.39 is 0 Å². The Balaban J connectivity index is 1.85. The maximum Gasteiger partial charge on any atom is 0.123 e. The molecule has 0 radical (unpaired) electrons. The molecule has 0 bridgehead atoms. The Bertz CT molecular complexity index is 292. The Hall–Kier alpha value is -0.890. The van der Waals surface area contributed by atoms with Crippen LogP contribution >= 0.6 is 0 Å². The van der Waals surface area contributed by atoms with Gasteiger partial charge in [0.2, 0.25) is 0 Å². The number of benzene rings is 1. The highest BCUT2D eigenvalue weighted by Gasteiger charge is 2.14. The van der Waals surface area contributed by atoms with Crippen LogP contribution in [0.25, 0.3) is 0 Å². The van der Waals surface area contributed by atoms with Crippen molar-refractivity contribution in [1.82, 2.24) is 0 Å². The quantitative estimate of drug-likeness (QED) is 0.717. The molecule has 0 unspecified atom stereocenters. The van der Waals surface area contributed by atoms with E-state index in [9.17, 15) is 4.39 Å². The largest absolute Gasteiger partial charge is 0.374 e. The molecular formula is C12H15FO. The van der Waals surface area contributed by atoms with E-state index in [0.29, 0.717) is 12.7 Å². The lowest BCUT2D eigenvalue weighted by molar-refractivity contribution is 0.0455. The second-order valence-electron chi connectivity index (χ2n) is 3.85. The van der Waals surface area contributed by atoms with Crippen LogP contribution in [0.1, 0.15) is 31.2 Å². The zero-order valence-electron chi connectivity index (χ0n) is 8.21. The van der Waals surface area contributed by atoms with Crippen LogP contribution in [0.5, 0.6) is 0 Å². The van der Waals surface area contributed by atoms with E-state index in [0.717, 1.165) is 18.4 Å². The van der Waals surface area contributed by atoms with Crippen LogP contribution in [0.2, 0.25) is 0 Å². The molecule has 0 atom stereocenters. The predicted octanol–water partition coefficient (Wildman–Crippen LogP) is 3.28. The number of halogens is 1. The molecule has 1 aliphatic rings. The van der Waals surface area contributed by atoms with Gasteiger partial charge in [-0.15, -0.1) is 0 Å². The fourth-order valence-corrected chi connectivity index (χ4v) is 1.90. The highest BCUT2D eigenvalue weighted by molar-refractivity contribution is 5.15. The van der Waals surface area contributed by atoms with Gasteiger partial charge < -0.3 is 4.74 Å². The lowest BCUT2D eigenvalue weighted by Crippen LogP contribution is -2.07. The third-order valence-corrected chi connectivity index (χ3v) is 2.68. The average Bonchev–Trinajstić information content (AvgIpc) is 2.67. The molecule has 0 aliphatic heterocycles. The Morgan fingerprint density at radius 1 is 1.29 bits per heavy atom. The first kappa shape index (κ1) is 9.66. The SMILES string of the molecule is Fc1cccc(COC2CCCC2)c1. The molecule has 0 aromatic heterocycles. The number of hydrogen-bond acceptors (Lipinski definition) is 1. The van der Waals surface area contributed by atoms with E-state index in [1.807, 2.05) is 6.07 Å². The van der Waals surface area contributed by atoms with Crippen molar-refractivity contribution in [1.29, 1.82) is 0 Å². The van der Waals surface area contributed by atoms with E-state index in [4.69, 9.17) is 4.74 Å². The zero-order chi connectivity index (χ0) is 9.80. The van der Waals surface area contributed by atoms with Gasteiger partial charge in [-0.25, -0.2) is 4.39 Å². The van der Waals surface area contributed by atoms with Crippen molar-refractivity contribution >= 4 is 0 Å². The number of ether oxygens (including phenoxy) is 1. The molecule has 1 fully saturated rings. The van der Waals surface area contributed by atoms with Crippen molar-refractivity contribution < 1.29 is 9.13 Å². The third kappa shape index (κ3) is 2.55. The van der Waals surface area contributed by atoms with Gasteiger partial charge in [0.05, 0.1) is 12.7 Å². The van der Waals surface area contributed by atoms with Gasteiger partial charge in [-0.2, -0.15) is 0 Å². The minimum atomic E-state index is -0.183. The molecule has 76 valence electrons. The van der Waals surface area contributed by atoms with Crippen LogP contribution in [0.3, 0.4) is 0 Å². The fraction of sp³-hybridized carbons (Fsp3) is 0.500. The summed E-state index contributed by atoms with van der Waals surface area (Å²) in [4.78, 5) is 0. The summed E-state index contributed by atoms with van der Waals surface area (Å²) < 4.78 is 18.5.